The van der Waals surface area contributed by atoms with E-state index in [1.54, 1.807) is 38.1 Å². The molecule has 0 fully saturated rings. The number of urea groups is 2. The van der Waals surface area contributed by atoms with Gasteiger partial charge < -0.3 is 31.0 Å². The molecule has 0 aromatic heterocycles. The van der Waals surface area contributed by atoms with Gasteiger partial charge in [-0.15, -0.1) is 0 Å². The van der Waals surface area contributed by atoms with E-state index >= 15 is 0 Å². The highest BCUT2D eigenvalue weighted by molar-refractivity contribution is 9.10. The number of benzene rings is 1. The number of aldehydes is 1. The molecule has 1 aromatic carbocycles. The molecule has 0 saturated heterocycles. The van der Waals surface area contributed by atoms with Crippen LogP contribution in [-0.4, -0.2) is 71.3 Å². The van der Waals surface area contributed by atoms with E-state index in [0.717, 1.165) is 9.48 Å². The molecule has 0 aliphatic heterocycles. The van der Waals surface area contributed by atoms with Crippen LogP contribution in [0.5, 0.6) is 0 Å². The number of carbonyl (C=O) groups is 4. The van der Waals surface area contributed by atoms with E-state index in [0.29, 0.717) is 12.0 Å². The number of anilines is 1. The van der Waals surface area contributed by atoms with Crippen LogP contribution in [-0.2, 0) is 9.59 Å². The van der Waals surface area contributed by atoms with Gasteiger partial charge in [0, 0.05) is 17.2 Å². The SMILES string of the molecule is CC(C)C(C=O)(CC(=O)NC(CO)CO)NC(=O)N(C)NC(=O)Nc1ccc(Br)cc1. The maximum atomic E-state index is 12.6. The number of hydrogen-bond donors (Lipinski definition) is 6. The number of hydrazine groups is 1. The Morgan fingerprint density at radius 2 is 1.74 bits per heavy atom. The standard InChI is InChI=1S/C19H28BrN5O6/c1-12(2)19(11-28,8-16(29)21-15(9-26)10-27)23-18(31)25(3)24-17(30)22-14-6-4-13(20)5-7-14/h4-7,11-12,15,26-27H,8-10H2,1-3H3,(H,21,29)(H,23,31)(H2,22,24,30). The van der Waals surface area contributed by atoms with Crippen molar-refractivity contribution in [3.63, 3.8) is 0 Å². The molecular formula is C19H28BrN5O6. The molecule has 11 nitrogen and oxygen atoms in total. The van der Waals surface area contributed by atoms with Crippen molar-refractivity contribution in [1.29, 1.82) is 0 Å². The van der Waals surface area contributed by atoms with E-state index in [1.165, 1.54) is 7.05 Å². The molecule has 0 heterocycles. The predicted molar refractivity (Wildman–Crippen MR) is 117 cm³/mol. The van der Waals surface area contributed by atoms with Gasteiger partial charge in [0.1, 0.15) is 11.8 Å². The molecule has 12 heteroatoms. The highest BCUT2D eigenvalue weighted by Crippen LogP contribution is 2.20. The molecular weight excluding hydrogens is 474 g/mol. The number of aliphatic hydroxyl groups excluding tert-OH is 2. The van der Waals surface area contributed by atoms with Gasteiger partial charge in [0.15, 0.2) is 0 Å². The maximum Gasteiger partial charge on any atom is 0.338 e. The fourth-order valence-electron chi connectivity index (χ4n) is 2.47. The third kappa shape index (κ3) is 8.15. The number of halogens is 1. The topological polar surface area (TPSA) is 160 Å². The van der Waals surface area contributed by atoms with Crippen LogP contribution in [0, 0.1) is 5.92 Å². The van der Waals surface area contributed by atoms with Crippen molar-refractivity contribution in [3.05, 3.63) is 28.7 Å². The van der Waals surface area contributed by atoms with Crippen molar-refractivity contribution >= 4 is 45.9 Å². The highest BCUT2D eigenvalue weighted by Gasteiger charge is 2.39. The van der Waals surface area contributed by atoms with Crippen molar-refractivity contribution in [1.82, 2.24) is 21.1 Å². The Kier molecular flexibility index (Phi) is 10.4. The monoisotopic (exact) mass is 501 g/mol. The number of carbonyl (C=O) groups excluding carboxylic acids is 4. The van der Waals surface area contributed by atoms with Gasteiger partial charge in [-0.1, -0.05) is 29.8 Å². The number of rotatable bonds is 9. The van der Waals surface area contributed by atoms with Gasteiger partial charge in [0.2, 0.25) is 5.91 Å². The quantitative estimate of drug-likeness (QED) is 0.214. The second kappa shape index (κ2) is 12.2. The fraction of sp³-hybridized carbons (Fsp3) is 0.474. The van der Waals surface area contributed by atoms with Crippen molar-refractivity contribution in [2.45, 2.75) is 31.8 Å². The van der Waals surface area contributed by atoms with Crippen LogP contribution in [0.1, 0.15) is 20.3 Å². The Bertz CT molecular complexity index is 772. The van der Waals surface area contributed by atoms with Crippen molar-refractivity contribution in [3.8, 4) is 0 Å². The first-order valence-electron chi connectivity index (χ1n) is 9.43. The summed E-state index contributed by atoms with van der Waals surface area (Å²) in [4.78, 5) is 48.8. The van der Waals surface area contributed by atoms with Crippen LogP contribution >= 0.6 is 15.9 Å². The number of nitrogens with zero attached hydrogens (tertiary/aromatic N) is 1. The minimum absolute atomic E-state index is 0.421. The average molecular weight is 502 g/mol. The van der Waals surface area contributed by atoms with Gasteiger partial charge >= 0.3 is 12.1 Å². The zero-order valence-corrected chi connectivity index (χ0v) is 19.1. The van der Waals surface area contributed by atoms with Gasteiger partial charge in [-0.05, 0) is 30.2 Å². The molecule has 1 aromatic rings. The molecule has 1 rings (SSSR count). The van der Waals surface area contributed by atoms with Gasteiger partial charge in [-0.25, -0.2) is 20.0 Å². The minimum atomic E-state index is -1.57. The summed E-state index contributed by atoms with van der Waals surface area (Å²) in [5.41, 5.74) is 1.23. The van der Waals surface area contributed by atoms with Crippen LogP contribution in [0.2, 0.25) is 0 Å². The van der Waals surface area contributed by atoms with Crippen LogP contribution in [0.25, 0.3) is 0 Å². The van der Waals surface area contributed by atoms with Gasteiger partial charge in [0.25, 0.3) is 0 Å². The van der Waals surface area contributed by atoms with Crippen LogP contribution in [0.4, 0.5) is 15.3 Å². The van der Waals surface area contributed by atoms with Crippen molar-refractivity contribution in [2.75, 3.05) is 25.6 Å². The average Bonchev–Trinajstić information content (AvgIpc) is 2.72. The maximum absolute atomic E-state index is 12.6. The molecule has 0 bridgehead atoms. The summed E-state index contributed by atoms with van der Waals surface area (Å²) >= 11 is 3.28. The Morgan fingerprint density at radius 1 is 1.16 bits per heavy atom. The van der Waals surface area contributed by atoms with Gasteiger partial charge in [-0.3, -0.25) is 4.79 Å². The molecule has 0 saturated carbocycles. The molecule has 0 aliphatic rings. The van der Waals surface area contributed by atoms with E-state index in [-0.39, 0.29) is 0 Å². The molecule has 31 heavy (non-hydrogen) atoms. The van der Waals surface area contributed by atoms with E-state index in [4.69, 9.17) is 10.2 Å². The summed E-state index contributed by atoms with van der Waals surface area (Å²) in [6, 6.07) is 4.39. The number of hydrogen-bond acceptors (Lipinski definition) is 6. The Hall–Kier alpha value is -2.70. The summed E-state index contributed by atoms with van der Waals surface area (Å²) in [7, 11) is 1.28. The van der Waals surface area contributed by atoms with E-state index in [1.807, 2.05) is 0 Å². The van der Waals surface area contributed by atoms with E-state index in [2.05, 4.69) is 37.3 Å². The molecule has 0 aliphatic carbocycles. The van der Waals surface area contributed by atoms with E-state index in [9.17, 15) is 19.2 Å². The second-order valence-electron chi connectivity index (χ2n) is 7.18. The number of nitrogens with one attached hydrogen (secondary N) is 4. The summed E-state index contributed by atoms with van der Waals surface area (Å²) in [5, 5.41) is 26.4. The Balaban J connectivity index is 2.78. The smallest absolute Gasteiger partial charge is 0.338 e. The zero-order valence-electron chi connectivity index (χ0n) is 17.5. The Labute approximate surface area is 188 Å². The summed E-state index contributed by atoms with van der Waals surface area (Å²) in [5.74, 6) is -1.12. The summed E-state index contributed by atoms with van der Waals surface area (Å²) < 4.78 is 0.835. The van der Waals surface area contributed by atoms with Crippen LogP contribution in [0.3, 0.4) is 0 Å². The van der Waals surface area contributed by atoms with Crippen LogP contribution < -0.4 is 21.4 Å². The van der Waals surface area contributed by atoms with Gasteiger partial charge in [-0.2, -0.15) is 0 Å². The fourth-order valence-corrected chi connectivity index (χ4v) is 2.74. The lowest BCUT2D eigenvalue weighted by molar-refractivity contribution is -0.128. The third-order valence-electron chi connectivity index (χ3n) is 4.52. The normalized spacial score (nSPS) is 12.6. The molecule has 0 radical (unpaired) electrons. The molecule has 5 amide bonds. The molecule has 172 valence electrons. The lowest BCUT2D eigenvalue weighted by atomic mass is 9.84. The van der Waals surface area contributed by atoms with Gasteiger partial charge in [0.05, 0.1) is 25.7 Å². The molecule has 1 unspecified atom stereocenters. The number of amides is 5. The summed E-state index contributed by atoms with van der Waals surface area (Å²) in [6.07, 6.45) is 0.0348. The van der Waals surface area contributed by atoms with Crippen LogP contribution in [0.15, 0.2) is 28.7 Å². The molecule has 6 N–H and O–H groups in total. The van der Waals surface area contributed by atoms with Crippen molar-refractivity contribution < 1.29 is 29.4 Å². The summed E-state index contributed by atoms with van der Waals surface area (Å²) in [6.45, 7) is 2.32. The van der Waals surface area contributed by atoms with E-state index < -0.39 is 55.1 Å². The molecule has 1 atom stereocenters. The van der Waals surface area contributed by atoms with Crippen molar-refractivity contribution in [2.24, 2.45) is 5.92 Å². The lowest BCUT2D eigenvalue weighted by Crippen LogP contribution is -2.61. The first kappa shape index (κ1) is 26.3. The Morgan fingerprint density at radius 3 is 2.23 bits per heavy atom. The first-order valence-corrected chi connectivity index (χ1v) is 10.2. The largest absolute Gasteiger partial charge is 0.394 e. The lowest BCUT2D eigenvalue weighted by Gasteiger charge is -2.34. The molecule has 0 spiro atoms. The first-order chi connectivity index (χ1) is 14.6. The number of aliphatic hydroxyl groups is 2. The highest BCUT2D eigenvalue weighted by atomic mass is 79.9. The zero-order chi connectivity index (χ0) is 23.6. The third-order valence-corrected chi connectivity index (χ3v) is 5.04. The predicted octanol–water partition coefficient (Wildman–Crippen LogP) is 0.580. The minimum Gasteiger partial charge on any atom is -0.394 e. The second-order valence-corrected chi connectivity index (χ2v) is 8.10.